The van der Waals surface area contributed by atoms with Crippen LogP contribution in [0.15, 0.2) is 24.3 Å². The fourth-order valence-electron chi connectivity index (χ4n) is 5.44. The minimum atomic E-state index is 0.286. The third kappa shape index (κ3) is 4.14. The first-order valence-corrected chi connectivity index (χ1v) is 10.8. The van der Waals surface area contributed by atoms with Crippen molar-refractivity contribution < 1.29 is 4.79 Å². The molecule has 0 aromatic heterocycles. The molecule has 1 aromatic carbocycles. The minimum absolute atomic E-state index is 0.286. The summed E-state index contributed by atoms with van der Waals surface area (Å²) in [6.07, 6.45) is 12.2. The summed E-state index contributed by atoms with van der Waals surface area (Å²) in [5.74, 6) is 0.633. The zero-order valence-corrected chi connectivity index (χ0v) is 16.3. The van der Waals surface area contributed by atoms with Crippen molar-refractivity contribution >= 4 is 5.91 Å². The molecule has 1 saturated carbocycles. The molecule has 3 fully saturated rings. The second-order valence-corrected chi connectivity index (χ2v) is 8.91. The minimum Gasteiger partial charge on any atom is -0.353 e. The molecule has 1 aromatic rings. The van der Waals surface area contributed by atoms with Gasteiger partial charge in [-0.05, 0) is 51.0 Å². The predicted molar refractivity (Wildman–Crippen MR) is 106 cm³/mol. The van der Waals surface area contributed by atoms with Gasteiger partial charge in [0, 0.05) is 30.6 Å². The first-order chi connectivity index (χ1) is 12.7. The Morgan fingerprint density at radius 1 is 0.962 bits per heavy atom. The topological polar surface area (TPSA) is 32.3 Å². The van der Waals surface area contributed by atoms with Crippen LogP contribution >= 0.6 is 0 Å². The van der Waals surface area contributed by atoms with E-state index in [2.05, 4.69) is 41.4 Å². The normalized spacial score (nSPS) is 30.1. The molecular weight excluding hydrogens is 320 g/mol. The van der Waals surface area contributed by atoms with Gasteiger partial charge in [-0.15, -0.1) is 0 Å². The highest BCUT2D eigenvalue weighted by molar-refractivity contribution is 5.79. The molecule has 1 N–H and O–H groups in total. The lowest BCUT2D eigenvalue weighted by molar-refractivity contribution is -0.127. The Bertz CT molecular complexity index is 591. The summed E-state index contributed by atoms with van der Waals surface area (Å²) in [5, 5.41) is 3.44. The van der Waals surface area contributed by atoms with Crippen molar-refractivity contribution in [2.24, 2.45) is 5.92 Å². The summed E-state index contributed by atoms with van der Waals surface area (Å²) in [5.41, 5.74) is 2.76. The number of carbonyl (C=O) groups is 1. The number of nitrogens with one attached hydrogen (secondary N) is 1. The van der Waals surface area contributed by atoms with Crippen molar-refractivity contribution in [1.29, 1.82) is 0 Å². The Kier molecular flexibility index (Phi) is 5.63. The quantitative estimate of drug-likeness (QED) is 0.858. The maximum Gasteiger partial charge on any atom is 0.223 e. The molecular formula is C23H34N2O. The molecule has 3 atom stereocenters. The molecule has 2 saturated heterocycles. The van der Waals surface area contributed by atoms with Crippen LogP contribution in [0.3, 0.4) is 0 Å². The molecule has 0 radical (unpaired) electrons. The average Bonchev–Trinajstić information content (AvgIpc) is 2.65. The highest BCUT2D eigenvalue weighted by Gasteiger charge is 2.39. The maximum absolute atomic E-state index is 12.7. The van der Waals surface area contributed by atoms with Gasteiger partial charge < -0.3 is 5.32 Å². The molecule has 3 aliphatic rings. The summed E-state index contributed by atoms with van der Waals surface area (Å²) in [6.45, 7) is 3.22. The Labute approximate surface area is 158 Å². The third-order valence-electron chi connectivity index (χ3n) is 6.93. The molecule has 26 heavy (non-hydrogen) atoms. The Balaban J connectivity index is 1.36. The van der Waals surface area contributed by atoms with Gasteiger partial charge in [-0.3, -0.25) is 9.69 Å². The standard InChI is InChI=1S/C23H34N2O/c1-17-10-12-18(13-11-17)16-25-21-8-5-9-22(25)15-20(14-21)24-23(26)19-6-3-2-4-7-19/h10-13,19-22H,2-9,14-16H2,1H3,(H,24,26)/t20?,21-,22+. The van der Waals surface area contributed by atoms with Crippen LogP contribution in [0.4, 0.5) is 0 Å². The van der Waals surface area contributed by atoms with Gasteiger partial charge in [-0.25, -0.2) is 0 Å². The lowest BCUT2D eigenvalue weighted by Gasteiger charge is -2.49. The van der Waals surface area contributed by atoms with Gasteiger partial charge in [0.15, 0.2) is 0 Å². The number of carbonyl (C=O) groups excluding carboxylic acids is 1. The van der Waals surface area contributed by atoms with Crippen LogP contribution in [0.25, 0.3) is 0 Å². The first-order valence-electron chi connectivity index (χ1n) is 10.8. The molecule has 3 heteroatoms. The maximum atomic E-state index is 12.7. The Morgan fingerprint density at radius 3 is 2.27 bits per heavy atom. The predicted octanol–water partition coefficient (Wildman–Crippen LogP) is 4.58. The van der Waals surface area contributed by atoms with Crippen LogP contribution in [0.1, 0.15) is 75.3 Å². The number of amides is 1. The number of piperidine rings is 2. The van der Waals surface area contributed by atoms with Crippen molar-refractivity contribution in [1.82, 2.24) is 10.2 Å². The van der Waals surface area contributed by atoms with Crippen LogP contribution in [0, 0.1) is 12.8 Å². The van der Waals surface area contributed by atoms with Crippen LogP contribution in [-0.4, -0.2) is 28.9 Å². The molecule has 2 aliphatic heterocycles. The fourth-order valence-corrected chi connectivity index (χ4v) is 5.44. The van der Waals surface area contributed by atoms with Crippen LogP contribution < -0.4 is 5.32 Å². The number of fused-ring (bicyclic) bond motifs is 2. The molecule has 0 spiro atoms. The van der Waals surface area contributed by atoms with Crippen molar-refractivity contribution in [2.45, 2.75) is 95.8 Å². The highest BCUT2D eigenvalue weighted by atomic mass is 16.1. The van der Waals surface area contributed by atoms with Crippen molar-refractivity contribution in [3.63, 3.8) is 0 Å². The van der Waals surface area contributed by atoms with Crippen molar-refractivity contribution in [3.8, 4) is 0 Å². The van der Waals surface area contributed by atoms with Gasteiger partial charge in [0.25, 0.3) is 0 Å². The lowest BCUT2D eigenvalue weighted by Crippen LogP contribution is -2.57. The number of benzene rings is 1. The van der Waals surface area contributed by atoms with Crippen molar-refractivity contribution in [2.75, 3.05) is 0 Å². The number of hydrogen-bond acceptors (Lipinski definition) is 2. The van der Waals surface area contributed by atoms with Crippen LogP contribution in [0.5, 0.6) is 0 Å². The van der Waals surface area contributed by atoms with Gasteiger partial charge in [-0.2, -0.15) is 0 Å². The highest BCUT2D eigenvalue weighted by Crippen LogP contribution is 2.35. The van der Waals surface area contributed by atoms with Gasteiger partial charge in [-0.1, -0.05) is 55.5 Å². The number of hydrogen-bond donors (Lipinski definition) is 1. The molecule has 142 valence electrons. The average molecular weight is 355 g/mol. The SMILES string of the molecule is Cc1ccc(CN2[C@@H]3CCC[C@H]2CC(NC(=O)C2CCCCC2)C3)cc1. The van der Waals surface area contributed by atoms with Gasteiger partial charge in [0.05, 0.1) is 0 Å². The molecule has 4 rings (SSSR count). The molecule has 1 aliphatic carbocycles. The van der Waals surface area contributed by atoms with E-state index < -0.39 is 0 Å². The first kappa shape index (κ1) is 18.0. The Morgan fingerprint density at radius 2 is 1.62 bits per heavy atom. The smallest absolute Gasteiger partial charge is 0.223 e. The molecule has 1 unspecified atom stereocenters. The Hall–Kier alpha value is -1.35. The third-order valence-corrected chi connectivity index (χ3v) is 6.93. The van der Waals surface area contributed by atoms with E-state index in [1.165, 1.54) is 49.7 Å². The van der Waals surface area contributed by atoms with E-state index in [0.29, 0.717) is 24.0 Å². The van der Waals surface area contributed by atoms with Crippen LogP contribution in [0.2, 0.25) is 0 Å². The second-order valence-electron chi connectivity index (χ2n) is 8.91. The monoisotopic (exact) mass is 354 g/mol. The number of aryl methyl sites for hydroxylation is 1. The van der Waals surface area contributed by atoms with Gasteiger partial charge in [0.2, 0.25) is 5.91 Å². The lowest BCUT2D eigenvalue weighted by atomic mass is 9.81. The molecule has 1 amide bonds. The van der Waals surface area contributed by atoms with Gasteiger partial charge in [0.1, 0.15) is 0 Å². The van der Waals surface area contributed by atoms with E-state index in [1.807, 2.05) is 0 Å². The summed E-state index contributed by atoms with van der Waals surface area (Å²) in [7, 11) is 0. The van der Waals surface area contributed by atoms with E-state index in [0.717, 1.165) is 32.2 Å². The number of nitrogens with zero attached hydrogens (tertiary/aromatic N) is 1. The second kappa shape index (κ2) is 8.12. The largest absolute Gasteiger partial charge is 0.353 e. The zero-order valence-electron chi connectivity index (χ0n) is 16.3. The van der Waals surface area contributed by atoms with E-state index in [4.69, 9.17) is 0 Å². The summed E-state index contributed by atoms with van der Waals surface area (Å²) < 4.78 is 0. The summed E-state index contributed by atoms with van der Waals surface area (Å²) in [4.78, 5) is 15.4. The van der Waals surface area contributed by atoms with E-state index >= 15 is 0 Å². The number of rotatable bonds is 4. The van der Waals surface area contributed by atoms with Crippen LogP contribution in [-0.2, 0) is 11.3 Å². The van der Waals surface area contributed by atoms with Crippen molar-refractivity contribution in [3.05, 3.63) is 35.4 Å². The van der Waals surface area contributed by atoms with E-state index in [9.17, 15) is 4.79 Å². The van der Waals surface area contributed by atoms with E-state index in [-0.39, 0.29) is 5.92 Å². The fraction of sp³-hybridized carbons (Fsp3) is 0.696. The molecule has 2 bridgehead atoms. The van der Waals surface area contributed by atoms with E-state index in [1.54, 1.807) is 0 Å². The summed E-state index contributed by atoms with van der Waals surface area (Å²) in [6, 6.07) is 10.7. The summed E-state index contributed by atoms with van der Waals surface area (Å²) >= 11 is 0. The zero-order chi connectivity index (χ0) is 17.9. The molecule has 3 nitrogen and oxygen atoms in total. The van der Waals surface area contributed by atoms with Gasteiger partial charge >= 0.3 is 0 Å². The molecule has 2 heterocycles.